The minimum Gasteiger partial charge on any atom is -0.434 e. The quantitative estimate of drug-likeness (QED) is 0.546. The van der Waals surface area contributed by atoms with Gasteiger partial charge in [-0.15, -0.1) is 0 Å². The summed E-state index contributed by atoms with van der Waals surface area (Å²) in [6.45, 7) is -0.695. The van der Waals surface area contributed by atoms with Gasteiger partial charge in [0.15, 0.2) is 5.78 Å². The van der Waals surface area contributed by atoms with E-state index in [4.69, 9.17) is 4.74 Å². The molecule has 0 bridgehead atoms. The minimum atomic E-state index is -2.94. The van der Waals surface area contributed by atoms with Crippen LogP contribution in [0.5, 0.6) is 5.75 Å². The lowest BCUT2D eigenvalue weighted by Gasteiger charge is -2.09. The number of ketones is 1. The van der Waals surface area contributed by atoms with Crippen molar-refractivity contribution in [2.24, 2.45) is 0 Å². The fraction of sp³-hybridized carbons (Fsp3) is 0.417. The Balaban J connectivity index is 2.71. The lowest BCUT2D eigenvalue weighted by atomic mass is 10.1. The molecule has 0 atom stereocenters. The highest BCUT2D eigenvalue weighted by molar-refractivity contribution is 5.99. The third kappa shape index (κ3) is 4.48. The van der Waals surface area contributed by atoms with Crippen molar-refractivity contribution in [3.63, 3.8) is 0 Å². The molecule has 17 heavy (non-hydrogen) atoms. The first-order chi connectivity index (χ1) is 8.15. The summed E-state index contributed by atoms with van der Waals surface area (Å²) < 4.78 is 33.5. The van der Waals surface area contributed by atoms with Crippen molar-refractivity contribution in [1.29, 1.82) is 0 Å². The molecular formula is C12H14F2O3. The van der Waals surface area contributed by atoms with Gasteiger partial charge >= 0.3 is 6.61 Å². The van der Waals surface area contributed by atoms with Gasteiger partial charge in [-0.2, -0.15) is 8.78 Å². The van der Waals surface area contributed by atoms with Crippen LogP contribution < -0.4 is 4.74 Å². The summed E-state index contributed by atoms with van der Waals surface area (Å²) in [5, 5.41) is 0. The minimum absolute atomic E-state index is 0.115. The van der Waals surface area contributed by atoms with Crippen LogP contribution in [0.4, 0.5) is 8.78 Å². The highest BCUT2D eigenvalue weighted by atomic mass is 19.3. The number of hydrogen-bond acceptors (Lipinski definition) is 3. The first kappa shape index (κ1) is 13.6. The summed E-state index contributed by atoms with van der Waals surface area (Å²) in [7, 11) is 0. The first-order valence-electron chi connectivity index (χ1n) is 5.30. The molecule has 94 valence electrons. The van der Waals surface area contributed by atoms with E-state index in [-0.39, 0.29) is 23.7 Å². The van der Waals surface area contributed by atoms with E-state index >= 15 is 0 Å². The van der Waals surface area contributed by atoms with Crippen LogP contribution in [0.25, 0.3) is 0 Å². The number of para-hydroxylation sites is 1. The Bertz CT molecular complexity index is 367. The molecule has 0 saturated carbocycles. The average molecular weight is 244 g/mol. The summed E-state index contributed by atoms with van der Waals surface area (Å²) in [5.74, 6) is -0.484. The van der Waals surface area contributed by atoms with E-state index in [0.29, 0.717) is 6.61 Å². The largest absolute Gasteiger partial charge is 0.434 e. The average Bonchev–Trinajstić information content (AvgIpc) is 2.29. The molecule has 0 radical (unpaired) electrons. The Morgan fingerprint density at radius 2 is 2.06 bits per heavy atom. The molecule has 0 unspecified atom stereocenters. The molecule has 0 N–H and O–H groups in total. The number of rotatable bonds is 7. The third-order valence-electron chi connectivity index (χ3n) is 1.99. The number of halogens is 2. The van der Waals surface area contributed by atoms with Crippen LogP contribution in [-0.2, 0) is 4.74 Å². The summed E-state index contributed by atoms with van der Waals surface area (Å²) in [6, 6.07) is 5.89. The van der Waals surface area contributed by atoms with Crippen LogP contribution in [0.1, 0.15) is 23.7 Å². The van der Waals surface area contributed by atoms with Crippen LogP contribution in [-0.4, -0.2) is 25.6 Å². The Morgan fingerprint density at radius 1 is 1.35 bits per heavy atom. The van der Waals surface area contributed by atoms with Gasteiger partial charge in [0.25, 0.3) is 0 Å². The highest BCUT2D eigenvalue weighted by Crippen LogP contribution is 2.20. The molecule has 1 rings (SSSR count). The molecule has 0 heterocycles. The number of ether oxygens (including phenoxy) is 2. The predicted octanol–water partition coefficient (Wildman–Crippen LogP) is 2.90. The van der Waals surface area contributed by atoms with Gasteiger partial charge < -0.3 is 9.47 Å². The van der Waals surface area contributed by atoms with Crippen molar-refractivity contribution in [1.82, 2.24) is 0 Å². The van der Waals surface area contributed by atoms with Gasteiger partial charge in [0.2, 0.25) is 0 Å². The maximum atomic E-state index is 12.1. The SMILES string of the molecule is CCCOCC(=O)c1ccccc1OC(F)F. The summed E-state index contributed by atoms with van der Waals surface area (Å²) in [5.41, 5.74) is 0.115. The molecule has 0 amide bonds. The van der Waals surface area contributed by atoms with Gasteiger partial charge in [-0.3, -0.25) is 4.79 Å². The molecule has 3 nitrogen and oxygen atoms in total. The Labute approximate surface area is 98.3 Å². The van der Waals surface area contributed by atoms with E-state index in [2.05, 4.69) is 4.74 Å². The van der Waals surface area contributed by atoms with Gasteiger partial charge in [0, 0.05) is 6.61 Å². The van der Waals surface area contributed by atoms with Crippen LogP contribution in [0.2, 0.25) is 0 Å². The van der Waals surface area contributed by atoms with Crippen molar-refractivity contribution in [2.45, 2.75) is 20.0 Å². The molecule has 1 aromatic rings. The number of carbonyl (C=O) groups excluding carboxylic acids is 1. The maximum Gasteiger partial charge on any atom is 0.387 e. The second-order valence-corrected chi connectivity index (χ2v) is 3.35. The van der Waals surface area contributed by atoms with E-state index in [1.54, 1.807) is 6.07 Å². The fourth-order valence-electron chi connectivity index (χ4n) is 1.28. The van der Waals surface area contributed by atoms with E-state index in [1.165, 1.54) is 18.2 Å². The molecule has 1 aromatic carbocycles. The first-order valence-corrected chi connectivity index (χ1v) is 5.30. The van der Waals surface area contributed by atoms with Crippen molar-refractivity contribution in [3.8, 4) is 5.75 Å². The number of benzene rings is 1. The maximum absolute atomic E-state index is 12.1. The zero-order valence-electron chi connectivity index (χ0n) is 9.49. The second-order valence-electron chi connectivity index (χ2n) is 3.35. The normalized spacial score (nSPS) is 10.6. The third-order valence-corrected chi connectivity index (χ3v) is 1.99. The number of Topliss-reactive ketones (excluding diaryl/α,β-unsaturated/α-hetero) is 1. The summed E-state index contributed by atoms with van der Waals surface area (Å²) in [4.78, 5) is 11.7. The molecule has 0 fully saturated rings. The molecule has 0 spiro atoms. The van der Waals surface area contributed by atoms with Gasteiger partial charge in [-0.05, 0) is 18.6 Å². The lowest BCUT2D eigenvalue weighted by Crippen LogP contribution is -2.13. The number of hydrogen-bond donors (Lipinski definition) is 0. The lowest BCUT2D eigenvalue weighted by molar-refractivity contribution is -0.0502. The molecule has 0 aliphatic heterocycles. The topological polar surface area (TPSA) is 35.5 Å². The number of alkyl halides is 2. The van der Waals surface area contributed by atoms with Gasteiger partial charge in [0.05, 0.1) is 5.56 Å². The zero-order chi connectivity index (χ0) is 12.7. The molecule has 0 aromatic heterocycles. The van der Waals surface area contributed by atoms with Crippen LogP contribution in [0.15, 0.2) is 24.3 Å². The van der Waals surface area contributed by atoms with Crippen molar-refractivity contribution in [2.75, 3.05) is 13.2 Å². The van der Waals surface area contributed by atoms with Crippen molar-refractivity contribution in [3.05, 3.63) is 29.8 Å². The molecule has 0 aliphatic rings. The molecule has 5 heteroatoms. The van der Waals surface area contributed by atoms with Gasteiger partial charge in [-0.1, -0.05) is 19.1 Å². The number of carbonyl (C=O) groups is 1. The van der Waals surface area contributed by atoms with Crippen molar-refractivity contribution < 1.29 is 23.0 Å². The standard InChI is InChI=1S/C12H14F2O3/c1-2-7-16-8-10(15)9-5-3-4-6-11(9)17-12(13)14/h3-6,12H,2,7-8H2,1H3. The monoisotopic (exact) mass is 244 g/mol. The Hall–Kier alpha value is -1.49. The summed E-state index contributed by atoms with van der Waals surface area (Å²) in [6.07, 6.45) is 0.794. The van der Waals surface area contributed by atoms with Gasteiger partial charge in [0.1, 0.15) is 12.4 Å². The molecule has 0 saturated heterocycles. The zero-order valence-corrected chi connectivity index (χ0v) is 9.49. The van der Waals surface area contributed by atoms with Crippen LogP contribution in [0, 0.1) is 0 Å². The van der Waals surface area contributed by atoms with E-state index in [1.807, 2.05) is 6.92 Å². The predicted molar refractivity (Wildman–Crippen MR) is 58.5 cm³/mol. The van der Waals surface area contributed by atoms with E-state index in [9.17, 15) is 13.6 Å². The second kappa shape index (κ2) is 6.96. The smallest absolute Gasteiger partial charge is 0.387 e. The van der Waals surface area contributed by atoms with Gasteiger partial charge in [-0.25, -0.2) is 0 Å². The Kier molecular flexibility index (Phi) is 5.56. The molecular weight excluding hydrogens is 230 g/mol. The van der Waals surface area contributed by atoms with E-state index < -0.39 is 6.61 Å². The van der Waals surface area contributed by atoms with Crippen LogP contribution >= 0.6 is 0 Å². The van der Waals surface area contributed by atoms with E-state index in [0.717, 1.165) is 6.42 Å². The Morgan fingerprint density at radius 3 is 2.71 bits per heavy atom. The summed E-state index contributed by atoms with van der Waals surface area (Å²) >= 11 is 0. The molecule has 0 aliphatic carbocycles. The van der Waals surface area contributed by atoms with Crippen molar-refractivity contribution >= 4 is 5.78 Å². The van der Waals surface area contributed by atoms with Crippen LogP contribution in [0.3, 0.4) is 0 Å². The highest BCUT2D eigenvalue weighted by Gasteiger charge is 2.14. The fourth-order valence-corrected chi connectivity index (χ4v) is 1.28.